The lowest BCUT2D eigenvalue weighted by Crippen LogP contribution is -2.06. The number of hydrogen-bond acceptors (Lipinski definition) is 4. The highest BCUT2D eigenvalue weighted by atomic mass is 79.9. The van der Waals surface area contributed by atoms with Gasteiger partial charge in [0.2, 0.25) is 0 Å². The van der Waals surface area contributed by atoms with Crippen molar-refractivity contribution in [1.29, 1.82) is 0 Å². The van der Waals surface area contributed by atoms with Gasteiger partial charge in [-0.2, -0.15) is 0 Å². The van der Waals surface area contributed by atoms with Gasteiger partial charge in [0.15, 0.2) is 5.78 Å². The molecule has 0 fully saturated rings. The highest BCUT2D eigenvalue weighted by molar-refractivity contribution is 9.10. The number of benzene rings is 1. The Balaban J connectivity index is 2.22. The number of nitrogens with two attached hydrogens (primary N) is 1. The van der Waals surface area contributed by atoms with Crippen molar-refractivity contribution < 1.29 is 9.53 Å². The Kier molecular flexibility index (Phi) is 4.04. The van der Waals surface area contributed by atoms with Crippen LogP contribution < -0.4 is 10.5 Å². The Labute approximate surface area is 118 Å². The molecular formula is C13H12BrNO2S. The SMILES string of the molecule is COc1ccc(C(=O)Cc2sccc2Br)c(N)c1. The van der Waals surface area contributed by atoms with Crippen molar-refractivity contribution in [3.63, 3.8) is 0 Å². The largest absolute Gasteiger partial charge is 0.497 e. The highest BCUT2D eigenvalue weighted by Crippen LogP contribution is 2.26. The van der Waals surface area contributed by atoms with E-state index in [1.165, 1.54) is 0 Å². The third kappa shape index (κ3) is 2.73. The third-order valence-corrected chi connectivity index (χ3v) is 4.50. The molecule has 5 heteroatoms. The first-order valence-electron chi connectivity index (χ1n) is 5.30. The van der Waals surface area contributed by atoms with Crippen LogP contribution in [0.4, 0.5) is 5.69 Å². The molecule has 0 saturated heterocycles. The molecule has 2 N–H and O–H groups in total. The highest BCUT2D eigenvalue weighted by Gasteiger charge is 2.13. The van der Waals surface area contributed by atoms with Gasteiger partial charge in [0.25, 0.3) is 0 Å². The Bertz CT molecular complexity index is 580. The lowest BCUT2D eigenvalue weighted by Gasteiger charge is -2.06. The van der Waals surface area contributed by atoms with E-state index in [0.29, 0.717) is 23.4 Å². The Hall–Kier alpha value is -1.33. The van der Waals surface area contributed by atoms with Crippen molar-refractivity contribution in [3.05, 3.63) is 44.6 Å². The maximum absolute atomic E-state index is 12.1. The predicted molar refractivity (Wildman–Crippen MR) is 77.5 cm³/mol. The number of ether oxygens (including phenoxy) is 1. The molecule has 0 radical (unpaired) electrons. The van der Waals surface area contributed by atoms with E-state index in [1.807, 2.05) is 11.4 Å². The van der Waals surface area contributed by atoms with Gasteiger partial charge >= 0.3 is 0 Å². The summed E-state index contributed by atoms with van der Waals surface area (Å²) in [6.07, 6.45) is 0.356. The lowest BCUT2D eigenvalue weighted by atomic mass is 10.1. The zero-order valence-electron chi connectivity index (χ0n) is 9.77. The van der Waals surface area contributed by atoms with Gasteiger partial charge in [0, 0.05) is 33.1 Å². The van der Waals surface area contributed by atoms with E-state index in [-0.39, 0.29) is 5.78 Å². The number of halogens is 1. The summed E-state index contributed by atoms with van der Waals surface area (Å²) in [5.41, 5.74) is 6.84. The Morgan fingerprint density at radius 2 is 2.22 bits per heavy atom. The van der Waals surface area contributed by atoms with Crippen molar-refractivity contribution in [2.75, 3.05) is 12.8 Å². The number of methoxy groups -OCH3 is 1. The van der Waals surface area contributed by atoms with Crippen LogP contribution in [0.15, 0.2) is 34.1 Å². The number of nitrogen functional groups attached to an aromatic ring is 1. The van der Waals surface area contributed by atoms with Crippen LogP contribution in [0.25, 0.3) is 0 Å². The molecule has 0 unspecified atom stereocenters. The number of hydrogen-bond donors (Lipinski definition) is 1. The van der Waals surface area contributed by atoms with Gasteiger partial charge < -0.3 is 10.5 Å². The maximum Gasteiger partial charge on any atom is 0.170 e. The van der Waals surface area contributed by atoms with Crippen LogP contribution in [0.5, 0.6) is 5.75 Å². The zero-order chi connectivity index (χ0) is 13.1. The molecule has 0 amide bonds. The van der Waals surface area contributed by atoms with Gasteiger partial charge in [-0.25, -0.2) is 0 Å². The molecular weight excluding hydrogens is 314 g/mol. The predicted octanol–water partition coefficient (Wildman–Crippen LogP) is 3.53. The second kappa shape index (κ2) is 5.54. The maximum atomic E-state index is 12.1. The van der Waals surface area contributed by atoms with Crippen molar-refractivity contribution in [3.8, 4) is 5.75 Å². The van der Waals surface area contributed by atoms with Crippen molar-refractivity contribution >= 4 is 38.7 Å². The molecule has 1 aromatic carbocycles. The quantitative estimate of drug-likeness (QED) is 0.691. The van der Waals surface area contributed by atoms with Crippen molar-refractivity contribution in [1.82, 2.24) is 0 Å². The summed E-state index contributed by atoms with van der Waals surface area (Å²) in [5.74, 6) is 0.666. The van der Waals surface area contributed by atoms with E-state index in [1.54, 1.807) is 36.6 Å². The monoisotopic (exact) mass is 325 g/mol. The number of carbonyl (C=O) groups excluding carboxylic acids is 1. The number of rotatable bonds is 4. The minimum atomic E-state index is 0.0123. The molecule has 3 nitrogen and oxygen atoms in total. The first kappa shape index (κ1) is 13.1. The number of anilines is 1. The molecule has 2 rings (SSSR count). The zero-order valence-corrected chi connectivity index (χ0v) is 12.2. The minimum Gasteiger partial charge on any atom is -0.497 e. The normalized spacial score (nSPS) is 10.3. The summed E-state index contributed by atoms with van der Waals surface area (Å²) in [4.78, 5) is 13.2. The van der Waals surface area contributed by atoms with Crippen LogP contribution in [0.3, 0.4) is 0 Å². The first-order valence-corrected chi connectivity index (χ1v) is 6.97. The smallest absolute Gasteiger partial charge is 0.170 e. The van der Waals surface area contributed by atoms with E-state index in [9.17, 15) is 4.79 Å². The van der Waals surface area contributed by atoms with Crippen LogP contribution in [-0.4, -0.2) is 12.9 Å². The van der Waals surface area contributed by atoms with E-state index in [2.05, 4.69) is 15.9 Å². The molecule has 0 saturated carbocycles. The summed E-state index contributed by atoms with van der Waals surface area (Å²) >= 11 is 4.97. The van der Waals surface area contributed by atoms with Crippen LogP contribution in [0.1, 0.15) is 15.2 Å². The number of ketones is 1. The Morgan fingerprint density at radius 1 is 1.44 bits per heavy atom. The molecule has 0 aliphatic heterocycles. The molecule has 1 aromatic heterocycles. The van der Waals surface area contributed by atoms with Gasteiger partial charge in [-0.15, -0.1) is 11.3 Å². The summed E-state index contributed by atoms with van der Waals surface area (Å²) < 4.78 is 6.02. The summed E-state index contributed by atoms with van der Waals surface area (Å²) in [6, 6.07) is 7.05. The summed E-state index contributed by atoms with van der Waals surface area (Å²) in [6.45, 7) is 0. The third-order valence-electron chi connectivity index (χ3n) is 2.57. The van der Waals surface area contributed by atoms with E-state index < -0.39 is 0 Å². The molecule has 1 heterocycles. The minimum absolute atomic E-state index is 0.0123. The number of thiophene rings is 1. The fourth-order valence-corrected chi connectivity index (χ4v) is 3.11. The second-order valence-electron chi connectivity index (χ2n) is 3.74. The standard InChI is InChI=1S/C13H12BrNO2S/c1-17-8-2-3-9(11(15)6-8)12(16)7-13-10(14)4-5-18-13/h2-6H,7,15H2,1H3. The molecule has 0 aliphatic rings. The van der Waals surface area contributed by atoms with E-state index >= 15 is 0 Å². The van der Waals surface area contributed by atoms with Crippen molar-refractivity contribution in [2.24, 2.45) is 0 Å². The van der Waals surface area contributed by atoms with E-state index in [0.717, 1.165) is 9.35 Å². The summed E-state index contributed by atoms with van der Waals surface area (Å²) in [7, 11) is 1.57. The summed E-state index contributed by atoms with van der Waals surface area (Å²) in [5, 5.41) is 1.95. The molecule has 2 aromatic rings. The fourth-order valence-electron chi connectivity index (χ4n) is 1.61. The van der Waals surface area contributed by atoms with Crippen LogP contribution in [-0.2, 0) is 6.42 Å². The fraction of sp³-hybridized carbons (Fsp3) is 0.154. The van der Waals surface area contributed by atoms with Gasteiger partial charge in [-0.1, -0.05) is 0 Å². The van der Waals surface area contributed by atoms with Crippen LogP contribution in [0.2, 0.25) is 0 Å². The average Bonchev–Trinajstić information content (AvgIpc) is 2.74. The first-order chi connectivity index (χ1) is 8.61. The van der Waals surface area contributed by atoms with Gasteiger partial charge in [0.05, 0.1) is 7.11 Å². The number of Topliss-reactive ketones (excluding diaryl/α,β-unsaturated/α-hetero) is 1. The molecule has 0 aliphatic carbocycles. The van der Waals surface area contributed by atoms with Gasteiger partial charge in [0.1, 0.15) is 5.75 Å². The lowest BCUT2D eigenvalue weighted by molar-refractivity contribution is 0.0994. The molecule has 18 heavy (non-hydrogen) atoms. The Morgan fingerprint density at radius 3 is 2.78 bits per heavy atom. The average molecular weight is 326 g/mol. The van der Waals surface area contributed by atoms with Gasteiger partial charge in [-0.05, 0) is 39.5 Å². The molecule has 0 atom stereocenters. The van der Waals surface area contributed by atoms with Gasteiger partial charge in [-0.3, -0.25) is 4.79 Å². The topological polar surface area (TPSA) is 52.3 Å². The second-order valence-corrected chi connectivity index (χ2v) is 5.60. The number of carbonyl (C=O) groups is 1. The van der Waals surface area contributed by atoms with Crippen LogP contribution in [0, 0.1) is 0 Å². The van der Waals surface area contributed by atoms with Crippen molar-refractivity contribution in [2.45, 2.75) is 6.42 Å². The van der Waals surface area contributed by atoms with Crippen LogP contribution >= 0.6 is 27.3 Å². The molecule has 0 bridgehead atoms. The van der Waals surface area contributed by atoms with E-state index in [4.69, 9.17) is 10.5 Å². The molecule has 94 valence electrons. The molecule has 0 spiro atoms.